The number of nitrogens with one attached hydrogen (secondary N) is 1. The zero-order chi connectivity index (χ0) is 14.8. The Morgan fingerprint density at radius 3 is 2.60 bits per heavy atom. The van der Waals surface area contributed by atoms with Gasteiger partial charge in [-0.3, -0.25) is 4.79 Å². The smallest absolute Gasteiger partial charge is 0.329 e. The van der Waals surface area contributed by atoms with Crippen LogP contribution in [0.25, 0.3) is 0 Å². The first-order valence-corrected chi connectivity index (χ1v) is 7.42. The third-order valence-electron chi connectivity index (χ3n) is 3.48. The van der Waals surface area contributed by atoms with Crippen LogP contribution in [0.4, 0.5) is 0 Å². The van der Waals surface area contributed by atoms with Gasteiger partial charge in [0.2, 0.25) is 0 Å². The number of ether oxygens (including phenoxy) is 1. The molecule has 1 amide bonds. The summed E-state index contributed by atoms with van der Waals surface area (Å²) in [4.78, 5) is 23.9. The number of hydrogen-bond donors (Lipinski definition) is 2. The summed E-state index contributed by atoms with van der Waals surface area (Å²) >= 11 is 2.08. The summed E-state index contributed by atoms with van der Waals surface area (Å²) in [5.41, 5.74) is 0.256. The lowest BCUT2D eigenvalue weighted by Crippen LogP contribution is -2.57. The van der Waals surface area contributed by atoms with Gasteiger partial charge in [-0.1, -0.05) is 11.6 Å². The Bertz CT molecular complexity index is 538. The van der Waals surface area contributed by atoms with E-state index in [0.717, 1.165) is 9.13 Å². The number of benzene rings is 1. The Morgan fingerprint density at radius 1 is 1.35 bits per heavy atom. The van der Waals surface area contributed by atoms with E-state index in [0.29, 0.717) is 18.8 Å². The predicted molar refractivity (Wildman–Crippen MR) is 81.8 cm³/mol. The maximum Gasteiger partial charge on any atom is 0.329 e. The Morgan fingerprint density at radius 2 is 2.00 bits per heavy atom. The zero-order valence-corrected chi connectivity index (χ0v) is 13.3. The average molecular weight is 389 g/mol. The molecule has 0 radical (unpaired) electrons. The predicted octanol–water partition coefficient (Wildman–Crippen LogP) is 1.96. The van der Waals surface area contributed by atoms with Crippen molar-refractivity contribution < 1.29 is 19.4 Å². The maximum atomic E-state index is 12.4. The fourth-order valence-electron chi connectivity index (χ4n) is 2.21. The molecule has 1 aromatic rings. The summed E-state index contributed by atoms with van der Waals surface area (Å²) in [6, 6.07) is 5.54. The molecule has 1 heterocycles. The fraction of sp³-hybridized carbons (Fsp3) is 0.429. The van der Waals surface area contributed by atoms with E-state index in [4.69, 9.17) is 4.74 Å². The molecule has 0 aliphatic carbocycles. The molecule has 1 saturated heterocycles. The number of rotatable bonds is 3. The van der Waals surface area contributed by atoms with E-state index < -0.39 is 11.5 Å². The van der Waals surface area contributed by atoms with Crippen molar-refractivity contribution in [2.45, 2.75) is 25.3 Å². The van der Waals surface area contributed by atoms with Gasteiger partial charge < -0.3 is 15.2 Å². The second-order valence-corrected chi connectivity index (χ2v) is 6.10. The highest BCUT2D eigenvalue weighted by Crippen LogP contribution is 2.23. The molecule has 2 N–H and O–H groups in total. The number of aryl methyl sites for hydroxylation is 1. The highest BCUT2D eigenvalue weighted by molar-refractivity contribution is 14.1. The molecule has 20 heavy (non-hydrogen) atoms. The molecule has 0 atom stereocenters. The molecule has 0 bridgehead atoms. The molecule has 1 fully saturated rings. The summed E-state index contributed by atoms with van der Waals surface area (Å²) in [6.07, 6.45) is 0.576. The van der Waals surface area contributed by atoms with E-state index in [1.54, 1.807) is 6.07 Å². The van der Waals surface area contributed by atoms with Crippen LogP contribution in [-0.2, 0) is 9.53 Å². The Hall–Kier alpha value is -1.15. The quantitative estimate of drug-likeness (QED) is 0.776. The Kier molecular flexibility index (Phi) is 4.64. The van der Waals surface area contributed by atoms with Crippen molar-refractivity contribution in [3.05, 3.63) is 32.9 Å². The number of carboxylic acids is 1. The largest absolute Gasteiger partial charge is 0.480 e. The number of amides is 1. The minimum Gasteiger partial charge on any atom is -0.480 e. The Labute approximate surface area is 130 Å². The summed E-state index contributed by atoms with van der Waals surface area (Å²) in [6.45, 7) is 2.59. The van der Waals surface area contributed by atoms with Gasteiger partial charge in [-0.25, -0.2) is 4.79 Å². The highest BCUT2D eigenvalue weighted by Gasteiger charge is 2.41. The van der Waals surface area contributed by atoms with E-state index in [1.807, 2.05) is 19.1 Å². The van der Waals surface area contributed by atoms with E-state index in [2.05, 4.69) is 27.9 Å². The van der Waals surface area contributed by atoms with Crippen LogP contribution < -0.4 is 5.32 Å². The molecule has 6 heteroatoms. The lowest BCUT2D eigenvalue weighted by Gasteiger charge is -2.34. The summed E-state index contributed by atoms with van der Waals surface area (Å²) in [5, 5.41) is 12.1. The first-order valence-electron chi connectivity index (χ1n) is 6.34. The third kappa shape index (κ3) is 3.12. The minimum absolute atomic E-state index is 0.288. The van der Waals surface area contributed by atoms with Crippen molar-refractivity contribution >= 4 is 34.5 Å². The molecule has 5 nitrogen and oxygen atoms in total. The van der Waals surface area contributed by atoms with Gasteiger partial charge in [-0.2, -0.15) is 0 Å². The standard InChI is InChI=1S/C14H16INO4/c1-9-2-3-11(15)10(8-9)12(17)16-14(13(18)19)4-6-20-7-5-14/h2-3,8H,4-7H2,1H3,(H,16,17)(H,18,19). The van der Waals surface area contributed by atoms with Crippen molar-refractivity contribution in [1.29, 1.82) is 0 Å². The van der Waals surface area contributed by atoms with Crippen LogP contribution in [0.1, 0.15) is 28.8 Å². The summed E-state index contributed by atoms with van der Waals surface area (Å²) < 4.78 is 5.99. The van der Waals surface area contributed by atoms with Crippen LogP contribution in [0.2, 0.25) is 0 Å². The summed E-state index contributed by atoms with van der Waals surface area (Å²) in [7, 11) is 0. The monoisotopic (exact) mass is 389 g/mol. The topological polar surface area (TPSA) is 75.6 Å². The third-order valence-corrected chi connectivity index (χ3v) is 4.42. The maximum absolute atomic E-state index is 12.4. The lowest BCUT2D eigenvalue weighted by molar-refractivity contribution is -0.148. The second kappa shape index (κ2) is 6.09. The van der Waals surface area contributed by atoms with Gasteiger partial charge in [0.1, 0.15) is 5.54 Å². The van der Waals surface area contributed by atoms with Crippen LogP contribution in [0.3, 0.4) is 0 Å². The van der Waals surface area contributed by atoms with Crippen molar-refractivity contribution in [3.63, 3.8) is 0 Å². The second-order valence-electron chi connectivity index (χ2n) is 4.94. The normalized spacial score (nSPS) is 17.5. The van der Waals surface area contributed by atoms with Gasteiger partial charge in [0.25, 0.3) is 5.91 Å². The van der Waals surface area contributed by atoms with Gasteiger partial charge in [0.15, 0.2) is 0 Å². The molecule has 108 valence electrons. The number of halogens is 1. The van der Waals surface area contributed by atoms with Crippen molar-refractivity contribution in [2.75, 3.05) is 13.2 Å². The van der Waals surface area contributed by atoms with Gasteiger partial charge in [-0.05, 0) is 41.6 Å². The first kappa shape index (κ1) is 15.2. The van der Waals surface area contributed by atoms with E-state index in [1.165, 1.54) is 0 Å². The Balaban J connectivity index is 2.24. The first-order chi connectivity index (χ1) is 9.44. The number of aliphatic carboxylic acids is 1. The van der Waals surface area contributed by atoms with Gasteiger partial charge >= 0.3 is 5.97 Å². The molecule has 1 aromatic carbocycles. The van der Waals surface area contributed by atoms with Crippen LogP contribution >= 0.6 is 22.6 Å². The fourth-order valence-corrected chi connectivity index (χ4v) is 2.79. The molecular formula is C14H16INO4. The number of carbonyl (C=O) groups excluding carboxylic acids is 1. The van der Waals surface area contributed by atoms with Crippen molar-refractivity contribution in [3.8, 4) is 0 Å². The van der Waals surface area contributed by atoms with Crippen molar-refractivity contribution in [2.24, 2.45) is 0 Å². The molecule has 0 aromatic heterocycles. The molecule has 0 spiro atoms. The minimum atomic E-state index is -1.22. The molecule has 0 saturated carbocycles. The highest BCUT2D eigenvalue weighted by atomic mass is 127. The molecular weight excluding hydrogens is 373 g/mol. The summed E-state index contributed by atoms with van der Waals surface area (Å²) in [5.74, 6) is -1.35. The van der Waals surface area contributed by atoms with Gasteiger partial charge in [0, 0.05) is 29.6 Å². The number of carbonyl (C=O) groups is 2. The van der Waals surface area contributed by atoms with Crippen LogP contribution in [-0.4, -0.2) is 35.7 Å². The van der Waals surface area contributed by atoms with Crippen LogP contribution in [0.5, 0.6) is 0 Å². The van der Waals surface area contributed by atoms with Gasteiger partial charge in [-0.15, -0.1) is 0 Å². The average Bonchev–Trinajstić information content (AvgIpc) is 2.42. The van der Waals surface area contributed by atoms with E-state index in [-0.39, 0.29) is 18.7 Å². The SMILES string of the molecule is Cc1ccc(I)c(C(=O)NC2(C(=O)O)CCOCC2)c1. The van der Waals surface area contributed by atoms with Gasteiger partial charge in [0.05, 0.1) is 5.56 Å². The van der Waals surface area contributed by atoms with E-state index in [9.17, 15) is 14.7 Å². The van der Waals surface area contributed by atoms with Crippen molar-refractivity contribution in [1.82, 2.24) is 5.32 Å². The lowest BCUT2D eigenvalue weighted by atomic mass is 9.89. The van der Waals surface area contributed by atoms with E-state index >= 15 is 0 Å². The van der Waals surface area contributed by atoms with Crippen LogP contribution in [0.15, 0.2) is 18.2 Å². The number of carboxylic acid groups (broad SMARTS) is 1. The molecule has 2 rings (SSSR count). The van der Waals surface area contributed by atoms with Crippen LogP contribution in [0, 0.1) is 10.5 Å². The molecule has 0 unspecified atom stereocenters. The number of hydrogen-bond acceptors (Lipinski definition) is 3. The molecule has 1 aliphatic rings. The zero-order valence-electron chi connectivity index (χ0n) is 11.1. The molecule has 1 aliphatic heterocycles.